The van der Waals surface area contributed by atoms with Gasteiger partial charge in [-0.1, -0.05) is 18.2 Å². The quantitative estimate of drug-likeness (QED) is 0.917. The van der Waals surface area contributed by atoms with Crippen LogP contribution in [0.5, 0.6) is 0 Å². The van der Waals surface area contributed by atoms with Crippen molar-refractivity contribution in [3.63, 3.8) is 0 Å². The smallest absolute Gasteiger partial charge is 0.227 e. The molecule has 0 fully saturated rings. The van der Waals surface area contributed by atoms with Gasteiger partial charge in [-0.05, 0) is 41.5 Å². The van der Waals surface area contributed by atoms with Gasteiger partial charge in [-0.2, -0.15) is 0 Å². The van der Waals surface area contributed by atoms with E-state index < -0.39 is 0 Å². The van der Waals surface area contributed by atoms with Crippen LogP contribution in [0, 0.1) is 0 Å². The van der Waals surface area contributed by atoms with E-state index in [1.807, 2.05) is 36.7 Å². The van der Waals surface area contributed by atoms with Crippen LogP contribution in [-0.2, 0) is 28.9 Å². The molecule has 0 spiro atoms. The van der Waals surface area contributed by atoms with Gasteiger partial charge >= 0.3 is 0 Å². The van der Waals surface area contributed by atoms with E-state index in [0.29, 0.717) is 19.4 Å². The van der Waals surface area contributed by atoms with E-state index >= 15 is 0 Å². The number of nitrogens with zero attached hydrogens (tertiary/aromatic N) is 1. The number of aryl methyl sites for hydroxylation is 1. The maximum Gasteiger partial charge on any atom is 0.227 e. The second kappa shape index (κ2) is 6.96. The zero-order valence-corrected chi connectivity index (χ0v) is 14.0. The summed E-state index contributed by atoms with van der Waals surface area (Å²) in [5.74, 6) is 0.238. The maximum atomic E-state index is 11.9. The number of amides is 2. The molecule has 1 aliphatic heterocycles. The predicted octanol–water partition coefficient (Wildman–Crippen LogP) is 2.56. The highest BCUT2D eigenvalue weighted by atomic mass is 32.1. The van der Waals surface area contributed by atoms with Crippen molar-refractivity contribution in [1.82, 2.24) is 5.32 Å². The molecule has 5 heteroatoms. The van der Waals surface area contributed by atoms with Crippen LogP contribution in [0.2, 0.25) is 0 Å². The third-order valence-electron chi connectivity index (χ3n) is 4.14. The van der Waals surface area contributed by atoms with Crippen LogP contribution >= 0.6 is 11.3 Å². The third-order valence-corrected chi connectivity index (χ3v) is 5.01. The fraction of sp³-hybridized carbons (Fsp3) is 0.333. The van der Waals surface area contributed by atoms with Crippen molar-refractivity contribution >= 4 is 28.8 Å². The number of nitrogens with one attached hydrogen (secondary N) is 1. The average Bonchev–Trinajstić information content (AvgIpc) is 3.04. The Morgan fingerprint density at radius 3 is 2.96 bits per heavy atom. The van der Waals surface area contributed by atoms with Crippen molar-refractivity contribution in [1.29, 1.82) is 0 Å². The number of carbonyl (C=O) groups excluding carboxylic acids is 2. The molecule has 1 N–H and O–H groups in total. The van der Waals surface area contributed by atoms with Gasteiger partial charge < -0.3 is 10.2 Å². The summed E-state index contributed by atoms with van der Waals surface area (Å²) < 4.78 is 0. The minimum absolute atomic E-state index is 0.0655. The zero-order valence-electron chi connectivity index (χ0n) is 13.2. The van der Waals surface area contributed by atoms with E-state index in [1.165, 1.54) is 11.1 Å². The number of carbonyl (C=O) groups is 2. The molecule has 0 saturated carbocycles. The molecule has 0 bridgehead atoms. The number of anilines is 1. The highest BCUT2D eigenvalue weighted by Gasteiger charge is 2.20. The molecule has 1 aliphatic rings. The topological polar surface area (TPSA) is 49.4 Å². The Morgan fingerprint density at radius 2 is 2.17 bits per heavy atom. The van der Waals surface area contributed by atoms with Gasteiger partial charge in [0.1, 0.15) is 0 Å². The lowest BCUT2D eigenvalue weighted by molar-refractivity contribution is -0.120. The lowest BCUT2D eigenvalue weighted by atomic mass is 9.98. The number of thiophene rings is 1. The first-order valence-electron chi connectivity index (χ1n) is 7.81. The number of rotatable bonds is 5. The second-order valence-corrected chi connectivity index (χ2v) is 6.80. The highest BCUT2D eigenvalue weighted by molar-refractivity contribution is 7.10. The summed E-state index contributed by atoms with van der Waals surface area (Å²) in [5.41, 5.74) is 3.42. The molecule has 1 aromatic heterocycles. The minimum atomic E-state index is 0.0655. The maximum absolute atomic E-state index is 11.9. The predicted molar refractivity (Wildman–Crippen MR) is 92.9 cm³/mol. The molecule has 2 aromatic rings. The minimum Gasteiger partial charge on any atom is -0.355 e. The Balaban J connectivity index is 1.53. The molecule has 1 aromatic carbocycles. The lowest BCUT2D eigenvalue weighted by Crippen LogP contribution is -2.31. The first-order chi connectivity index (χ1) is 11.1. The van der Waals surface area contributed by atoms with E-state index in [9.17, 15) is 9.59 Å². The van der Waals surface area contributed by atoms with Gasteiger partial charge in [0.05, 0.1) is 6.42 Å². The molecule has 4 nitrogen and oxygen atoms in total. The van der Waals surface area contributed by atoms with E-state index in [1.54, 1.807) is 16.2 Å². The van der Waals surface area contributed by atoms with Gasteiger partial charge in [0, 0.05) is 30.6 Å². The molecule has 3 rings (SSSR count). The Bertz CT molecular complexity index is 710. The lowest BCUT2D eigenvalue weighted by Gasteiger charge is -2.26. The summed E-state index contributed by atoms with van der Waals surface area (Å²) in [7, 11) is 1.82. The SMILES string of the molecule is CN1C(=O)CCc2cc(CCNC(=O)Cc3cccs3)ccc21. The van der Waals surface area contributed by atoms with Crippen molar-refractivity contribution in [2.45, 2.75) is 25.7 Å². The normalized spacial score (nSPS) is 13.8. The Morgan fingerprint density at radius 1 is 1.30 bits per heavy atom. The number of hydrogen-bond donors (Lipinski definition) is 1. The van der Waals surface area contributed by atoms with Crippen molar-refractivity contribution in [3.05, 3.63) is 51.7 Å². The van der Waals surface area contributed by atoms with Gasteiger partial charge in [0.25, 0.3) is 0 Å². The van der Waals surface area contributed by atoms with Crippen LogP contribution in [0.15, 0.2) is 35.7 Å². The summed E-state index contributed by atoms with van der Waals surface area (Å²) in [5, 5.41) is 4.95. The molecular formula is C18H20N2O2S. The molecule has 0 aliphatic carbocycles. The summed E-state index contributed by atoms with van der Waals surface area (Å²) in [6, 6.07) is 10.1. The van der Waals surface area contributed by atoms with Gasteiger partial charge in [-0.25, -0.2) is 0 Å². The van der Waals surface area contributed by atoms with Crippen molar-refractivity contribution in [2.75, 3.05) is 18.5 Å². The molecule has 23 heavy (non-hydrogen) atoms. The summed E-state index contributed by atoms with van der Waals surface area (Å²) in [4.78, 5) is 26.4. The van der Waals surface area contributed by atoms with Crippen LogP contribution in [0.3, 0.4) is 0 Å². The largest absolute Gasteiger partial charge is 0.355 e. The highest BCUT2D eigenvalue weighted by Crippen LogP contribution is 2.27. The molecule has 2 amide bonds. The molecule has 120 valence electrons. The molecule has 2 heterocycles. The van der Waals surface area contributed by atoms with E-state index in [4.69, 9.17) is 0 Å². The summed E-state index contributed by atoms with van der Waals surface area (Å²) >= 11 is 1.60. The molecular weight excluding hydrogens is 308 g/mol. The van der Waals surface area contributed by atoms with Crippen LogP contribution < -0.4 is 10.2 Å². The zero-order chi connectivity index (χ0) is 16.2. The van der Waals surface area contributed by atoms with Crippen LogP contribution in [0.25, 0.3) is 0 Å². The summed E-state index contributed by atoms with van der Waals surface area (Å²) in [6.07, 6.45) is 2.64. The fourth-order valence-electron chi connectivity index (χ4n) is 2.85. The molecule has 0 radical (unpaired) electrons. The first kappa shape index (κ1) is 15.7. The molecule has 0 saturated heterocycles. The fourth-order valence-corrected chi connectivity index (χ4v) is 3.55. The summed E-state index contributed by atoms with van der Waals surface area (Å²) in [6.45, 7) is 0.637. The van der Waals surface area contributed by atoms with E-state index in [0.717, 1.165) is 23.4 Å². The van der Waals surface area contributed by atoms with Gasteiger partial charge in [0.15, 0.2) is 0 Å². The van der Waals surface area contributed by atoms with Crippen molar-refractivity contribution in [2.24, 2.45) is 0 Å². The van der Waals surface area contributed by atoms with Crippen LogP contribution in [-0.4, -0.2) is 25.4 Å². The third kappa shape index (κ3) is 3.79. The van der Waals surface area contributed by atoms with Gasteiger partial charge in [-0.15, -0.1) is 11.3 Å². The number of fused-ring (bicyclic) bond motifs is 1. The Hall–Kier alpha value is -2.14. The van der Waals surface area contributed by atoms with Crippen molar-refractivity contribution in [3.8, 4) is 0 Å². The van der Waals surface area contributed by atoms with Crippen LogP contribution in [0.4, 0.5) is 5.69 Å². The average molecular weight is 328 g/mol. The standard InChI is InChI=1S/C18H20N2O2S/c1-20-16-6-4-13(11-14(16)5-7-18(20)22)8-9-19-17(21)12-15-3-2-10-23-15/h2-4,6,10-11H,5,7-9,12H2,1H3,(H,19,21). The second-order valence-electron chi connectivity index (χ2n) is 5.77. The van der Waals surface area contributed by atoms with E-state index in [-0.39, 0.29) is 11.8 Å². The monoisotopic (exact) mass is 328 g/mol. The Kier molecular flexibility index (Phi) is 4.76. The van der Waals surface area contributed by atoms with Gasteiger partial charge in [-0.3, -0.25) is 9.59 Å². The molecule has 0 atom stereocenters. The van der Waals surface area contributed by atoms with Crippen LogP contribution in [0.1, 0.15) is 22.4 Å². The first-order valence-corrected chi connectivity index (χ1v) is 8.69. The Labute approximate surface area is 140 Å². The molecule has 0 unspecified atom stereocenters. The van der Waals surface area contributed by atoms with Gasteiger partial charge in [0.2, 0.25) is 11.8 Å². The van der Waals surface area contributed by atoms with Crippen molar-refractivity contribution < 1.29 is 9.59 Å². The number of benzene rings is 1. The number of hydrogen-bond acceptors (Lipinski definition) is 3. The van der Waals surface area contributed by atoms with E-state index in [2.05, 4.69) is 11.4 Å².